The highest BCUT2D eigenvalue weighted by molar-refractivity contribution is 5.73. The van der Waals surface area contributed by atoms with Crippen LogP contribution in [0.5, 0.6) is 5.75 Å². The molecule has 5 nitrogen and oxygen atoms in total. The first-order chi connectivity index (χ1) is 9.22. The topological polar surface area (TPSA) is 59.0 Å². The molecule has 1 saturated heterocycles. The lowest BCUT2D eigenvalue weighted by Gasteiger charge is -2.33. The Morgan fingerprint density at radius 3 is 3.05 bits per heavy atom. The fourth-order valence-electron chi connectivity index (χ4n) is 2.20. The van der Waals surface area contributed by atoms with Gasteiger partial charge in [0.2, 0.25) is 0 Å². The van der Waals surface area contributed by atoms with Crippen LogP contribution in [-0.2, 0) is 16.1 Å². The van der Waals surface area contributed by atoms with Gasteiger partial charge in [0.15, 0.2) is 0 Å². The fraction of sp³-hybridized carbons (Fsp3) is 0.500. The van der Waals surface area contributed by atoms with Gasteiger partial charge in [-0.25, -0.2) is 0 Å². The molecule has 0 spiro atoms. The molecule has 1 heterocycles. The van der Waals surface area contributed by atoms with E-state index in [4.69, 9.17) is 9.47 Å². The summed E-state index contributed by atoms with van der Waals surface area (Å²) < 4.78 is 10.8. The second-order valence-electron chi connectivity index (χ2n) is 4.44. The van der Waals surface area contributed by atoms with Gasteiger partial charge in [-0.05, 0) is 13.0 Å². The van der Waals surface area contributed by atoms with Crippen molar-refractivity contribution in [1.29, 1.82) is 0 Å². The molecule has 1 aromatic carbocycles. The number of ether oxygens (including phenoxy) is 2. The molecule has 1 aromatic rings. The van der Waals surface area contributed by atoms with E-state index in [0.717, 1.165) is 11.3 Å². The van der Waals surface area contributed by atoms with Crippen LogP contribution in [0.2, 0.25) is 0 Å². The second kappa shape index (κ2) is 6.54. The monoisotopic (exact) mass is 265 g/mol. The molecule has 2 rings (SSSR count). The van der Waals surface area contributed by atoms with Gasteiger partial charge in [0.05, 0.1) is 19.8 Å². The Hall–Kier alpha value is -1.59. The van der Waals surface area contributed by atoms with Crippen molar-refractivity contribution in [2.45, 2.75) is 19.5 Å². The van der Waals surface area contributed by atoms with Gasteiger partial charge in [-0.2, -0.15) is 0 Å². The summed E-state index contributed by atoms with van der Waals surface area (Å²) >= 11 is 0. The van der Waals surface area contributed by atoms with E-state index in [2.05, 4.69) is 0 Å². The number of para-hydroxylation sites is 1. The number of carboxylic acids is 1. The quantitative estimate of drug-likeness (QED) is 0.871. The predicted octanol–water partition coefficient (Wildman–Crippen LogP) is 1.37. The Labute approximate surface area is 112 Å². The first-order valence-electron chi connectivity index (χ1n) is 6.47. The Bertz CT molecular complexity index is 435. The van der Waals surface area contributed by atoms with Gasteiger partial charge in [0.25, 0.3) is 0 Å². The van der Waals surface area contributed by atoms with E-state index in [1.165, 1.54) is 0 Å². The van der Waals surface area contributed by atoms with E-state index in [0.29, 0.717) is 26.3 Å². The molecule has 0 aliphatic carbocycles. The molecule has 1 aliphatic rings. The van der Waals surface area contributed by atoms with Crippen LogP contribution in [0.3, 0.4) is 0 Å². The van der Waals surface area contributed by atoms with Gasteiger partial charge >= 0.3 is 5.97 Å². The van der Waals surface area contributed by atoms with Gasteiger partial charge in [-0.15, -0.1) is 0 Å². The summed E-state index contributed by atoms with van der Waals surface area (Å²) in [5, 5.41) is 9.21. The van der Waals surface area contributed by atoms with Crippen LogP contribution in [0.25, 0.3) is 0 Å². The Morgan fingerprint density at radius 2 is 2.32 bits per heavy atom. The molecule has 1 aliphatic heterocycles. The Morgan fingerprint density at radius 1 is 1.53 bits per heavy atom. The van der Waals surface area contributed by atoms with Crippen molar-refractivity contribution >= 4 is 5.97 Å². The first-order valence-corrected chi connectivity index (χ1v) is 6.47. The van der Waals surface area contributed by atoms with Crippen molar-refractivity contribution in [2.75, 3.05) is 26.4 Å². The maximum atomic E-state index is 11.2. The zero-order valence-corrected chi connectivity index (χ0v) is 11.0. The average molecular weight is 265 g/mol. The number of benzene rings is 1. The molecule has 0 aromatic heterocycles. The number of carbonyl (C=O) groups is 1. The molecule has 1 fully saturated rings. The highest BCUT2D eigenvalue weighted by Crippen LogP contribution is 2.21. The average Bonchev–Trinajstić information content (AvgIpc) is 2.42. The first kappa shape index (κ1) is 13.8. The lowest BCUT2D eigenvalue weighted by atomic mass is 10.1. The molecule has 5 heteroatoms. The van der Waals surface area contributed by atoms with Gasteiger partial charge in [0.1, 0.15) is 11.8 Å². The summed E-state index contributed by atoms with van der Waals surface area (Å²) in [5.74, 6) is -0.0192. The maximum Gasteiger partial charge on any atom is 0.323 e. The van der Waals surface area contributed by atoms with Gasteiger partial charge in [-0.3, -0.25) is 9.69 Å². The number of carboxylic acid groups (broad SMARTS) is 1. The largest absolute Gasteiger partial charge is 0.494 e. The maximum absolute atomic E-state index is 11.2. The van der Waals surface area contributed by atoms with Crippen molar-refractivity contribution in [3.05, 3.63) is 29.8 Å². The van der Waals surface area contributed by atoms with Crippen molar-refractivity contribution in [2.24, 2.45) is 0 Å². The minimum Gasteiger partial charge on any atom is -0.494 e. The van der Waals surface area contributed by atoms with E-state index in [-0.39, 0.29) is 6.61 Å². The smallest absolute Gasteiger partial charge is 0.323 e. The molecule has 0 bridgehead atoms. The van der Waals surface area contributed by atoms with Crippen molar-refractivity contribution < 1.29 is 19.4 Å². The van der Waals surface area contributed by atoms with Crippen LogP contribution >= 0.6 is 0 Å². The molecule has 104 valence electrons. The number of morpholine rings is 1. The van der Waals surface area contributed by atoms with Crippen LogP contribution in [0.15, 0.2) is 24.3 Å². The van der Waals surface area contributed by atoms with Gasteiger partial charge in [0, 0.05) is 18.7 Å². The van der Waals surface area contributed by atoms with Crippen LogP contribution in [0.4, 0.5) is 0 Å². The van der Waals surface area contributed by atoms with Gasteiger partial charge in [-0.1, -0.05) is 18.2 Å². The summed E-state index contributed by atoms with van der Waals surface area (Å²) in [6.07, 6.45) is 0. The third-order valence-corrected chi connectivity index (χ3v) is 3.17. The van der Waals surface area contributed by atoms with Gasteiger partial charge < -0.3 is 14.6 Å². The summed E-state index contributed by atoms with van der Waals surface area (Å²) in [5.41, 5.74) is 1.01. The molecule has 0 saturated carbocycles. The van der Waals surface area contributed by atoms with Crippen molar-refractivity contribution in [3.63, 3.8) is 0 Å². The molecule has 0 amide bonds. The van der Waals surface area contributed by atoms with Crippen molar-refractivity contribution in [1.82, 2.24) is 4.90 Å². The standard InChI is InChI=1S/C14H19NO4/c1-2-19-13-6-4-3-5-11(13)9-15-7-8-18-10-12(15)14(16)17/h3-6,12H,2,7-10H2,1H3,(H,16,17). The van der Waals surface area contributed by atoms with E-state index in [9.17, 15) is 9.90 Å². The molecule has 1 N–H and O–H groups in total. The SMILES string of the molecule is CCOc1ccccc1CN1CCOCC1C(=O)O. The Balaban J connectivity index is 2.12. The highest BCUT2D eigenvalue weighted by atomic mass is 16.5. The Kier molecular flexibility index (Phi) is 4.76. The zero-order chi connectivity index (χ0) is 13.7. The predicted molar refractivity (Wildman–Crippen MR) is 70.3 cm³/mol. The number of hydrogen-bond donors (Lipinski definition) is 1. The van der Waals surface area contributed by atoms with E-state index in [1.54, 1.807) is 0 Å². The van der Waals surface area contributed by atoms with Crippen molar-refractivity contribution in [3.8, 4) is 5.75 Å². The number of rotatable bonds is 5. The molecular weight excluding hydrogens is 246 g/mol. The lowest BCUT2D eigenvalue weighted by molar-refractivity contribution is -0.150. The minimum atomic E-state index is -0.839. The number of aliphatic carboxylic acids is 1. The third-order valence-electron chi connectivity index (χ3n) is 3.17. The molecule has 1 unspecified atom stereocenters. The highest BCUT2D eigenvalue weighted by Gasteiger charge is 2.29. The molecule has 0 radical (unpaired) electrons. The van der Waals surface area contributed by atoms with Crippen LogP contribution in [-0.4, -0.2) is 48.4 Å². The van der Waals surface area contributed by atoms with Crippen LogP contribution in [0, 0.1) is 0 Å². The second-order valence-corrected chi connectivity index (χ2v) is 4.44. The summed E-state index contributed by atoms with van der Waals surface area (Å²) in [6.45, 7) is 4.54. The molecular formula is C14H19NO4. The normalized spacial score (nSPS) is 20.2. The minimum absolute atomic E-state index is 0.242. The number of hydrogen-bond acceptors (Lipinski definition) is 4. The molecule has 1 atom stereocenters. The number of nitrogens with zero attached hydrogens (tertiary/aromatic N) is 1. The molecule has 19 heavy (non-hydrogen) atoms. The fourth-order valence-corrected chi connectivity index (χ4v) is 2.20. The van der Waals surface area contributed by atoms with Crippen LogP contribution in [0.1, 0.15) is 12.5 Å². The summed E-state index contributed by atoms with van der Waals surface area (Å²) in [7, 11) is 0. The van der Waals surface area contributed by atoms with E-state index < -0.39 is 12.0 Å². The third kappa shape index (κ3) is 3.45. The van der Waals surface area contributed by atoms with Crippen LogP contribution < -0.4 is 4.74 Å². The lowest BCUT2D eigenvalue weighted by Crippen LogP contribution is -2.49. The van der Waals surface area contributed by atoms with E-state index >= 15 is 0 Å². The zero-order valence-electron chi connectivity index (χ0n) is 11.0. The summed E-state index contributed by atoms with van der Waals surface area (Å²) in [4.78, 5) is 13.1. The van der Waals surface area contributed by atoms with E-state index in [1.807, 2.05) is 36.1 Å². The summed E-state index contributed by atoms with van der Waals surface area (Å²) in [6, 6.07) is 7.16.